The van der Waals surface area contributed by atoms with Gasteiger partial charge in [-0.3, -0.25) is 4.68 Å². The maximum absolute atomic E-state index is 10.2. The van der Waals surface area contributed by atoms with E-state index in [1.54, 1.807) is 0 Å². The predicted octanol–water partition coefficient (Wildman–Crippen LogP) is 0.821. The Morgan fingerprint density at radius 2 is 2.47 bits per heavy atom. The SMILES string of the molecule is O=C(O)COCc1cc2n(n1)CCCC2. The predicted molar refractivity (Wildman–Crippen MR) is 52.5 cm³/mol. The number of hydrogen-bond donors (Lipinski definition) is 1. The first-order valence-corrected chi connectivity index (χ1v) is 5.11. The van der Waals surface area contributed by atoms with Gasteiger partial charge in [0.2, 0.25) is 0 Å². The van der Waals surface area contributed by atoms with Crippen molar-refractivity contribution in [2.75, 3.05) is 6.61 Å². The summed E-state index contributed by atoms with van der Waals surface area (Å²) in [4.78, 5) is 10.2. The zero-order chi connectivity index (χ0) is 10.7. The van der Waals surface area contributed by atoms with Crippen LogP contribution in [0.4, 0.5) is 0 Å². The lowest BCUT2D eigenvalue weighted by Crippen LogP contribution is -2.11. The second-order valence-electron chi connectivity index (χ2n) is 3.69. The molecule has 1 aliphatic rings. The Morgan fingerprint density at radius 3 is 3.20 bits per heavy atom. The summed E-state index contributed by atoms with van der Waals surface area (Å²) in [5.41, 5.74) is 2.06. The van der Waals surface area contributed by atoms with Gasteiger partial charge in [-0.05, 0) is 25.3 Å². The van der Waals surface area contributed by atoms with Crippen molar-refractivity contribution in [2.24, 2.45) is 0 Å². The second-order valence-corrected chi connectivity index (χ2v) is 3.69. The number of carboxylic acid groups (broad SMARTS) is 1. The molecule has 5 heteroatoms. The molecule has 1 aliphatic heterocycles. The standard InChI is InChI=1S/C10H14N2O3/c13-10(14)7-15-6-8-5-9-3-1-2-4-12(9)11-8/h5H,1-4,6-7H2,(H,13,14). The molecule has 0 fully saturated rings. The maximum atomic E-state index is 10.2. The van der Waals surface area contributed by atoms with E-state index >= 15 is 0 Å². The highest BCUT2D eigenvalue weighted by atomic mass is 16.5. The Labute approximate surface area is 87.7 Å². The van der Waals surface area contributed by atoms with Crippen LogP contribution in [-0.4, -0.2) is 27.5 Å². The Morgan fingerprint density at radius 1 is 1.60 bits per heavy atom. The fraction of sp³-hybridized carbons (Fsp3) is 0.600. The van der Waals surface area contributed by atoms with Crippen molar-refractivity contribution in [3.05, 3.63) is 17.5 Å². The molecule has 2 heterocycles. The fourth-order valence-corrected chi connectivity index (χ4v) is 1.79. The van der Waals surface area contributed by atoms with Crippen LogP contribution in [0, 0.1) is 0 Å². The average molecular weight is 210 g/mol. The van der Waals surface area contributed by atoms with Crippen LogP contribution >= 0.6 is 0 Å². The average Bonchev–Trinajstić information content (AvgIpc) is 2.59. The minimum atomic E-state index is -0.945. The molecule has 1 aromatic heterocycles. The molecule has 82 valence electrons. The van der Waals surface area contributed by atoms with Gasteiger partial charge in [-0.2, -0.15) is 5.10 Å². The van der Waals surface area contributed by atoms with Gasteiger partial charge in [0, 0.05) is 12.2 Å². The van der Waals surface area contributed by atoms with Gasteiger partial charge in [0.05, 0.1) is 12.3 Å². The number of carbonyl (C=O) groups is 1. The zero-order valence-corrected chi connectivity index (χ0v) is 8.48. The number of aromatic nitrogens is 2. The number of rotatable bonds is 4. The van der Waals surface area contributed by atoms with Crippen LogP contribution in [0.25, 0.3) is 0 Å². The number of aryl methyl sites for hydroxylation is 2. The van der Waals surface area contributed by atoms with Crippen LogP contribution in [0.1, 0.15) is 24.2 Å². The highest BCUT2D eigenvalue weighted by Crippen LogP contribution is 2.15. The third kappa shape index (κ3) is 2.56. The molecule has 0 saturated carbocycles. The number of aliphatic carboxylic acids is 1. The molecule has 1 aromatic rings. The molecule has 1 N–H and O–H groups in total. The molecule has 0 radical (unpaired) electrons. The van der Waals surface area contributed by atoms with Crippen LogP contribution in [-0.2, 0) is 29.1 Å². The van der Waals surface area contributed by atoms with E-state index in [-0.39, 0.29) is 13.2 Å². The first kappa shape index (κ1) is 10.2. The van der Waals surface area contributed by atoms with Crippen LogP contribution < -0.4 is 0 Å². The highest BCUT2D eigenvalue weighted by Gasteiger charge is 2.12. The van der Waals surface area contributed by atoms with E-state index in [1.807, 2.05) is 10.7 Å². The molecule has 0 bridgehead atoms. The van der Waals surface area contributed by atoms with Crippen molar-refractivity contribution in [1.82, 2.24) is 9.78 Å². The topological polar surface area (TPSA) is 64.3 Å². The Hall–Kier alpha value is -1.36. The summed E-state index contributed by atoms with van der Waals surface area (Å²) in [6, 6.07) is 2.00. The van der Waals surface area contributed by atoms with Crippen LogP contribution in [0.15, 0.2) is 6.07 Å². The van der Waals surface area contributed by atoms with Gasteiger partial charge in [0.25, 0.3) is 0 Å². The Bertz CT molecular complexity index is 336. The molecule has 5 nitrogen and oxygen atoms in total. The van der Waals surface area contributed by atoms with Crippen molar-refractivity contribution in [2.45, 2.75) is 32.4 Å². The molecule has 0 aromatic carbocycles. The number of ether oxygens (including phenoxy) is 1. The molecule has 0 aliphatic carbocycles. The monoisotopic (exact) mass is 210 g/mol. The minimum Gasteiger partial charge on any atom is -0.480 e. The summed E-state index contributed by atoms with van der Waals surface area (Å²) in [5, 5.41) is 12.7. The molecule has 15 heavy (non-hydrogen) atoms. The van der Waals surface area contributed by atoms with Crippen molar-refractivity contribution in [3.63, 3.8) is 0 Å². The molecule has 0 saturated heterocycles. The van der Waals surface area contributed by atoms with E-state index in [1.165, 1.54) is 18.5 Å². The van der Waals surface area contributed by atoms with E-state index < -0.39 is 5.97 Å². The van der Waals surface area contributed by atoms with Crippen LogP contribution in [0.5, 0.6) is 0 Å². The number of nitrogens with zero attached hydrogens (tertiary/aromatic N) is 2. The van der Waals surface area contributed by atoms with Gasteiger partial charge >= 0.3 is 5.97 Å². The summed E-state index contributed by atoms with van der Waals surface area (Å²) in [6.45, 7) is 0.989. The van der Waals surface area contributed by atoms with E-state index in [2.05, 4.69) is 5.10 Å². The lowest BCUT2D eigenvalue weighted by Gasteiger charge is -2.11. The third-order valence-electron chi connectivity index (χ3n) is 2.44. The Kier molecular flexibility index (Phi) is 3.01. The summed E-state index contributed by atoms with van der Waals surface area (Å²) < 4.78 is 6.97. The van der Waals surface area contributed by atoms with E-state index in [9.17, 15) is 4.79 Å². The largest absolute Gasteiger partial charge is 0.480 e. The minimum absolute atomic E-state index is 0.262. The maximum Gasteiger partial charge on any atom is 0.329 e. The normalized spacial score (nSPS) is 14.9. The van der Waals surface area contributed by atoms with Gasteiger partial charge in [-0.1, -0.05) is 0 Å². The van der Waals surface area contributed by atoms with Crippen molar-refractivity contribution in [1.29, 1.82) is 0 Å². The lowest BCUT2D eigenvalue weighted by molar-refractivity contribution is -0.142. The van der Waals surface area contributed by atoms with Crippen LogP contribution in [0.3, 0.4) is 0 Å². The first-order valence-electron chi connectivity index (χ1n) is 5.11. The smallest absolute Gasteiger partial charge is 0.329 e. The molecule has 0 unspecified atom stereocenters. The van der Waals surface area contributed by atoms with Crippen molar-refractivity contribution >= 4 is 5.97 Å². The molecular formula is C10H14N2O3. The quantitative estimate of drug-likeness (QED) is 0.799. The van der Waals surface area contributed by atoms with E-state index in [4.69, 9.17) is 9.84 Å². The van der Waals surface area contributed by atoms with Crippen molar-refractivity contribution in [3.8, 4) is 0 Å². The highest BCUT2D eigenvalue weighted by molar-refractivity contribution is 5.67. The number of hydrogen-bond acceptors (Lipinski definition) is 3. The first-order chi connectivity index (χ1) is 7.25. The second kappa shape index (κ2) is 4.44. The third-order valence-corrected chi connectivity index (χ3v) is 2.44. The van der Waals surface area contributed by atoms with Gasteiger partial charge < -0.3 is 9.84 Å². The lowest BCUT2D eigenvalue weighted by atomic mass is 10.1. The Balaban J connectivity index is 1.92. The molecular weight excluding hydrogens is 196 g/mol. The summed E-state index contributed by atoms with van der Waals surface area (Å²) in [7, 11) is 0. The summed E-state index contributed by atoms with van der Waals surface area (Å²) >= 11 is 0. The summed E-state index contributed by atoms with van der Waals surface area (Å²) in [6.07, 6.45) is 3.44. The fourth-order valence-electron chi connectivity index (χ4n) is 1.79. The van der Waals surface area contributed by atoms with Gasteiger partial charge in [0.1, 0.15) is 6.61 Å². The van der Waals surface area contributed by atoms with E-state index in [0.717, 1.165) is 18.7 Å². The van der Waals surface area contributed by atoms with E-state index in [0.29, 0.717) is 0 Å². The number of fused-ring (bicyclic) bond motifs is 1. The molecule has 0 amide bonds. The molecule has 0 atom stereocenters. The van der Waals surface area contributed by atoms with Gasteiger partial charge in [0.15, 0.2) is 0 Å². The van der Waals surface area contributed by atoms with Gasteiger partial charge in [-0.15, -0.1) is 0 Å². The van der Waals surface area contributed by atoms with Crippen LogP contribution in [0.2, 0.25) is 0 Å². The van der Waals surface area contributed by atoms with Gasteiger partial charge in [-0.25, -0.2) is 4.79 Å². The molecule has 2 rings (SSSR count). The van der Waals surface area contributed by atoms with Crippen molar-refractivity contribution < 1.29 is 14.6 Å². The zero-order valence-electron chi connectivity index (χ0n) is 8.48. The number of carboxylic acids is 1. The summed E-state index contributed by atoms with van der Waals surface area (Å²) in [5.74, 6) is -0.945. The molecule has 0 spiro atoms.